The van der Waals surface area contributed by atoms with Gasteiger partial charge in [-0.2, -0.15) is 0 Å². The SMILES string of the molecule is C=CCn1c(SCC(=O)Nc2cc(Cl)ccc2Cl)nnc1C1COc2ccccc2O1. The van der Waals surface area contributed by atoms with Gasteiger partial charge in [0.25, 0.3) is 0 Å². The van der Waals surface area contributed by atoms with E-state index in [-0.39, 0.29) is 11.7 Å². The third-order valence-corrected chi connectivity index (χ3v) is 5.92. The van der Waals surface area contributed by atoms with Crippen molar-refractivity contribution in [2.24, 2.45) is 0 Å². The number of hydrogen-bond donors (Lipinski definition) is 1. The number of nitrogens with zero attached hydrogens (tertiary/aromatic N) is 3. The Morgan fingerprint density at radius 1 is 1.26 bits per heavy atom. The molecule has 1 amide bonds. The molecule has 1 aliphatic rings. The Morgan fingerprint density at radius 2 is 2.06 bits per heavy atom. The molecule has 0 aliphatic carbocycles. The number of nitrogens with one attached hydrogen (secondary N) is 1. The maximum Gasteiger partial charge on any atom is 0.234 e. The second-order valence-corrected chi connectivity index (χ2v) is 8.35. The van der Waals surface area contributed by atoms with Crippen molar-refractivity contribution < 1.29 is 14.3 Å². The van der Waals surface area contributed by atoms with Crippen LogP contribution in [0.25, 0.3) is 0 Å². The fourth-order valence-corrected chi connectivity index (χ4v) is 4.09. The number of allylic oxidation sites excluding steroid dienone is 1. The van der Waals surface area contributed by atoms with E-state index in [9.17, 15) is 4.79 Å². The number of thioether (sulfide) groups is 1. The van der Waals surface area contributed by atoms with Crippen molar-refractivity contribution in [1.29, 1.82) is 0 Å². The molecule has 4 rings (SSSR count). The van der Waals surface area contributed by atoms with E-state index < -0.39 is 6.10 Å². The largest absolute Gasteiger partial charge is 0.485 e. The van der Waals surface area contributed by atoms with E-state index in [0.717, 1.165) is 0 Å². The van der Waals surface area contributed by atoms with Crippen molar-refractivity contribution in [3.05, 3.63) is 71.0 Å². The highest BCUT2D eigenvalue weighted by Gasteiger charge is 2.28. The summed E-state index contributed by atoms with van der Waals surface area (Å²) < 4.78 is 13.7. The molecule has 0 bridgehead atoms. The fourth-order valence-electron chi connectivity index (χ4n) is 3.00. The highest BCUT2D eigenvalue weighted by atomic mass is 35.5. The van der Waals surface area contributed by atoms with Crippen LogP contribution in [0.3, 0.4) is 0 Å². The normalized spacial score (nSPS) is 14.8. The number of amides is 1. The molecule has 0 fully saturated rings. The second-order valence-electron chi connectivity index (χ2n) is 6.57. The van der Waals surface area contributed by atoms with Crippen molar-refractivity contribution in [2.45, 2.75) is 17.8 Å². The topological polar surface area (TPSA) is 78.3 Å². The fraction of sp³-hybridized carbons (Fsp3) is 0.190. The number of benzene rings is 2. The molecule has 7 nitrogen and oxygen atoms in total. The van der Waals surface area contributed by atoms with Crippen LogP contribution in [0, 0.1) is 0 Å². The van der Waals surface area contributed by atoms with Gasteiger partial charge in [0.2, 0.25) is 5.91 Å². The number of fused-ring (bicyclic) bond motifs is 1. The summed E-state index contributed by atoms with van der Waals surface area (Å²) in [5, 5.41) is 12.8. The molecule has 1 atom stereocenters. The number of rotatable bonds is 7. The standard InChI is InChI=1S/C21H18Cl2N4O3S/c1-2-9-27-20(18-11-29-16-5-3-4-6-17(16)30-18)25-26-21(27)31-12-19(28)24-15-10-13(22)7-8-14(15)23/h2-8,10,18H,1,9,11-12H2,(H,24,28). The Kier molecular flexibility index (Phi) is 6.70. The highest BCUT2D eigenvalue weighted by Crippen LogP contribution is 2.36. The molecule has 1 N–H and O–H groups in total. The molecule has 31 heavy (non-hydrogen) atoms. The third kappa shape index (κ3) is 4.98. The van der Waals surface area contributed by atoms with Crippen LogP contribution in [0.5, 0.6) is 11.5 Å². The van der Waals surface area contributed by atoms with Crippen LogP contribution in [-0.4, -0.2) is 33.0 Å². The van der Waals surface area contributed by atoms with Crippen molar-refractivity contribution in [2.75, 3.05) is 17.7 Å². The minimum Gasteiger partial charge on any atom is -0.485 e. The summed E-state index contributed by atoms with van der Waals surface area (Å²) in [6.07, 6.45) is 1.32. The Balaban J connectivity index is 1.46. The van der Waals surface area contributed by atoms with Crippen molar-refractivity contribution in [3.8, 4) is 11.5 Å². The van der Waals surface area contributed by atoms with E-state index in [1.807, 2.05) is 28.8 Å². The van der Waals surface area contributed by atoms with E-state index in [2.05, 4.69) is 22.1 Å². The number of carbonyl (C=O) groups is 1. The molecular weight excluding hydrogens is 459 g/mol. The first kappa shape index (κ1) is 21.5. The van der Waals surface area contributed by atoms with Gasteiger partial charge >= 0.3 is 0 Å². The van der Waals surface area contributed by atoms with Crippen LogP contribution < -0.4 is 14.8 Å². The van der Waals surface area contributed by atoms with Gasteiger partial charge < -0.3 is 14.8 Å². The Hall–Kier alpha value is -2.68. The average molecular weight is 477 g/mol. The van der Waals surface area contributed by atoms with Gasteiger partial charge in [-0.25, -0.2) is 0 Å². The lowest BCUT2D eigenvalue weighted by Gasteiger charge is -2.26. The maximum absolute atomic E-state index is 12.4. The van der Waals surface area contributed by atoms with Gasteiger partial charge in [0.05, 0.1) is 16.5 Å². The van der Waals surface area contributed by atoms with E-state index in [1.54, 1.807) is 24.3 Å². The zero-order valence-electron chi connectivity index (χ0n) is 16.3. The van der Waals surface area contributed by atoms with Crippen LogP contribution in [0.4, 0.5) is 5.69 Å². The Labute approximate surface area is 193 Å². The molecule has 3 aromatic rings. The molecule has 10 heteroatoms. The molecule has 1 aromatic heterocycles. The first-order chi connectivity index (χ1) is 15.0. The van der Waals surface area contributed by atoms with E-state index in [1.165, 1.54) is 11.8 Å². The first-order valence-corrected chi connectivity index (χ1v) is 11.1. The monoisotopic (exact) mass is 476 g/mol. The molecule has 0 saturated carbocycles. The first-order valence-electron chi connectivity index (χ1n) is 9.35. The lowest BCUT2D eigenvalue weighted by molar-refractivity contribution is -0.113. The van der Waals surface area contributed by atoms with Gasteiger partial charge in [0.15, 0.2) is 28.6 Å². The number of aromatic nitrogens is 3. The van der Waals surface area contributed by atoms with E-state index in [0.29, 0.717) is 51.4 Å². The molecule has 0 radical (unpaired) electrons. The number of ether oxygens (including phenoxy) is 2. The lowest BCUT2D eigenvalue weighted by atomic mass is 10.2. The molecule has 0 spiro atoms. The van der Waals surface area contributed by atoms with Crippen molar-refractivity contribution in [1.82, 2.24) is 14.8 Å². The summed E-state index contributed by atoms with van der Waals surface area (Å²) in [4.78, 5) is 12.4. The van der Waals surface area contributed by atoms with Crippen LogP contribution in [-0.2, 0) is 11.3 Å². The average Bonchev–Trinajstić information content (AvgIpc) is 3.17. The van der Waals surface area contributed by atoms with E-state index >= 15 is 0 Å². The quantitative estimate of drug-likeness (QED) is 0.381. The molecule has 1 unspecified atom stereocenters. The van der Waals surface area contributed by atoms with Crippen LogP contribution in [0.1, 0.15) is 11.9 Å². The molecule has 2 heterocycles. The summed E-state index contributed by atoms with van der Waals surface area (Å²) in [5.74, 6) is 1.83. The predicted molar refractivity (Wildman–Crippen MR) is 121 cm³/mol. The van der Waals surface area contributed by atoms with E-state index in [4.69, 9.17) is 32.7 Å². The Bertz CT molecular complexity index is 1120. The molecule has 160 valence electrons. The number of para-hydroxylation sites is 2. The summed E-state index contributed by atoms with van der Waals surface area (Å²) in [7, 11) is 0. The summed E-state index contributed by atoms with van der Waals surface area (Å²) in [6.45, 7) is 4.58. The lowest BCUT2D eigenvalue weighted by Crippen LogP contribution is -2.25. The zero-order valence-corrected chi connectivity index (χ0v) is 18.6. The minimum absolute atomic E-state index is 0.114. The predicted octanol–water partition coefficient (Wildman–Crippen LogP) is 5.01. The Morgan fingerprint density at radius 3 is 2.87 bits per heavy atom. The molecule has 1 aliphatic heterocycles. The molecule has 0 saturated heterocycles. The van der Waals surface area contributed by atoms with Crippen molar-refractivity contribution in [3.63, 3.8) is 0 Å². The minimum atomic E-state index is -0.421. The maximum atomic E-state index is 12.4. The number of anilines is 1. The van der Waals surface area contributed by atoms with Crippen LogP contribution in [0.2, 0.25) is 10.0 Å². The number of hydrogen-bond acceptors (Lipinski definition) is 6. The van der Waals surface area contributed by atoms with Gasteiger partial charge in [-0.3, -0.25) is 9.36 Å². The molecular formula is C21H18Cl2N4O3S. The summed E-state index contributed by atoms with van der Waals surface area (Å²) in [6, 6.07) is 12.4. The van der Waals surface area contributed by atoms with Crippen LogP contribution >= 0.6 is 35.0 Å². The summed E-state index contributed by atoms with van der Waals surface area (Å²) >= 11 is 13.3. The van der Waals surface area contributed by atoms with Gasteiger partial charge in [0.1, 0.15) is 6.61 Å². The molecule has 2 aromatic carbocycles. The van der Waals surface area contributed by atoms with Gasteiger partial charge in [0, 0.05) is 11.6 Å². The highest BCUT2D eigenvalue weighted by molar-refractivity contribution is 7.99. The van der Waals surface area contributed by atoms with Crippen molar-refractivity contribution >= 4 is 46.6 Å². The third-order valence-electron chi connectivity index (χ3n) is 4.39. The summed E-state index contributed by atoms with van der Waals surface area (Å²) in [5.41, 5.74) is 0.458. The van der Waals surface area contributed by atoms with Gasteiger partial charge in [-0.15, -0.1) is 16.8 Å². The zero-order chi connectivity index (χ0) is 21.8. The van der Waals surface area contributed by atoms with Gasteiger partial charge in [-0.05, 0) is 30.3 Å². The van der Waals surface area contributed by atoms with Gasteiger partial charge in [-0.1, -0.05) is 53.2 Å². The number of halogens is 2. The van der Waals surface area contributed by atoms with Crippen LogP contribution in [0.15, 0.2) is 60.3 Å². The second kappa shape index (κ2) is 9.64. The number of carbonyl (C=O) groups excluding carboxylic acids is 1. The smallest absolute Gasteiger partial charge is 0.234 e.